The van der Waals surface area contributed by atoms with Crippen LogP contribution in [0, 0.1) is 0 Å². The van der Waals surface area contributed by atoms with Crippen LogP contribution in [-0.2, 0) is 10.0 Å². The zero-order valence-electron chi connectivity index (χ0n) is 21.0. The van der Waals surface area contributed by atoms with Gasteiger partial charge < -0.3 is 20.1 Å². The van der Waals surface area contributed by atoms with E-state index in [1.54, 1.807) is 24.4 Å². The number of hydrogen-bond acceptors (Lipinski definition) is 7. The predicted octanol–water partition coefficient (Wildman–Crippen LogP) is 4.12. The summed E-state index contributed by atoms with van der Waals surface area (Å²) in [5.74, 6) is 0.737. The van der Waals surface area contributed by atoms with Crippen molar-refractivity contribution >= 4 is 27.5 Å². The molecular formula is C24H36N4O5S2. The number of nitrogens with zero attached hydrogens (tertiary/aromatic N) is 2. The van der Waals surface area contributed by atoms with E-state index >= 15 is 0 Å². The number of nitrogens with one attached hydrogen (secondary N) is 2. The monoisotopic (exact) mass is 524 g/mol. The van der Waals surface area contributed by atoms with E-state index in [-0.39, 0.29) is 16.9 Å². The Kier molecular flexibility index (Phi) is 8.79. The topological polar surface area (TPSA) is 121 Å². The number of likely N-dealkylation sites (N-methyl/N-ethyl adjacent to an activating group) is 1. The van der Waals surface area contributed by atoms with Gasteiger partial charge in [-0.1, -0.05) is 0 Å². The number of carboxylic acid groups (broad SMARTS) is 1. The largest absolute Gasteiger partial charge is 0.492 e. The number of carbonyl (C=O) groups is 1. The zero-order valence-corrected chi connectivity index (χ0v) is 22.6. The van der Waals surface area contributed by atoms with E-state index in [1.165, 1.54) is 11.3 Å². The number of benzene rings is 1. The summed E-state index contributed by atoms with van der Waals surface area (Å²) in [6, 6.07) is 5.14. The van der Waals surface area contributed by atoms with Crippen molar-refractivity contribution in [2.45, 2.75) is 68.8 Å². The summed E-state index contributed by atoms with van der Waals surface area (Å²) in [6.07, 6.45) is 3.96. The molecule has 3 rings (SSSR count). The van der Waals surface area contributed by atoms with Crippen LogP contribution in [0.4, 0.5) is 4.79 Å². The van der Waals surface area contributed by atoms with Gasteiger partial charge in [0, 0.05) is 41.9 Å². The molecule has 0 spiro atoms. The lowest BCUT2D eigenvalue weighted by Gasteiger charge is -2.27. The molecule has 9 nitrogen and oxygen atoms in total. The van der Waals surface area contributed by atoms with Crippen LogP contribution in [0.5, 0.6) is 5.75 Å². The normalized spacial score (nSPS) is 19.0. The average molecular weight is 525 g/mol. The highest BCUT2D eigenvalue weighted by Crippen LogP contribution is 2.40. The van der Waals surface area contributed by atoms with Gasteiger partial charge in [0.25, 0.3) is 0 Å². The molecule has 2 aromatic rings. The van der Waals surface area contributed by atoms with Crippen LogP contribution in [0.15, 0.2) is 29.3 Å². The third-order valence-electron chi connectivity index (χ3n) is 5.68. The Hall–Kier alpha value is -2.21. The Morgan fingerprint density at radius 2 is 1.91 bits per heavy atom. The van der Waals surface area contributed by atoms with E-state index in [1.807, 2.05) is 39.8 Å². The quantitative estimate of drug-likeness (QED) is 0.451. The lowest BCUT2D eigenvalue weighted by Crippen LogP contribution is -2.40. The van der Waals surface area contributed by atoms with Gasteiger partial charge in [-0.25, -0.2) is 22.9 Å². The van der Waals surface area contributed by atoms with Crippen LogP contribution >= 0.6 is 11.3 Å². The van der Waals surface area contributed by atoms with Gasteiger partial charge in [-0.15, -0.1) is 11.3 Å². The summed E-state index contributed by atoms with van der Waals surface area (Å²) in [5, 5.41) is 12.5. The van der Waals surface area contributed by atoms with E-state index in [9.17, 15) is 13.2 Å². The molecule has 194 valence electrons. The summed E-state index contributed by atoms with van der Waals surface area (Å²) in [7, 11) is 0.0805. The molecular weight excluding hydrogens is 488 g/mol. The number of thiazole rings is 1. The van der Waals surface area contributed by atoms with E-state index < -0.39 is 21.7 Å². The minimum Gasteiger partial charge on any atom is -0.492 e. The zero-order chi connectivity index (χ0) is 25.8. The molecule has 35 heavy (non-hydrogen) atoms. The molecule has 1 heterocycles. The van der Waals surface area contributed by atoms with Gasteiger partial charge in [-0.3, -0.25) is 0 Å². The molecule has 1 fully saturated rings. The fourth-order valence-corrected chi connectivity index (χ4v) is 6.93. The second-order valence-corrected chi connectivity index (χ2v) is 12.9. The Bertz CT molecular complexity index is 1120. The average Bonchev–Trinajstić information content (AvgIpc) is 3.22. The van der Waals surface area contributed by atoms with Crippen molar-refractivity contribution in [2.75, 3.05) is 27.2 Å². The van der Waals surface area contributed by atoms with Gasteiger partial charge in [0.15, 0.2) is 0 Å². The molecule has 1 aliphatic carbocycles. The highest BCUT2D eigenvalue weighted by molar-refractivity contribution is 7.89. The first kappa shape index (κ1) is 27.4. The van der Waals surface area contributed by atoms with Crippen LogP contribution in [0.3, 0.4) is 0 Å². The number of aromatic nitrogens is 1. The van der Waals surface area contributed by atoms with E-state index in [0.29, 0.717) is 24.5 Å². The standard InChI is InChI=1S/C24H36N4O5S2/c1-24(2,3)27-35(31,32)21-14-18(33-13-12-28(4)5)10-11-19(21)20-15-25-22(34-20)16-6-8-17(9-7-16)26-23(29)30/h10-11,14-17,26-27H,6-9,12-13H2,1-5H3,(H,29,30). The molecule has 0 bridgehead atoms. The minimum absolute atomic E-state index is 0.0246. The lowest BCUT2D eigenvalue weighted by molar-refractivity contribution is 0.185. The van der Waals surface area contributed by atoms with Crippen LogP contribution in [-0.4, -0.2) is 68.3 Å². The number of sulfonamides is 1. The fraction of sp³-hybridized carbons (Fsp3) is 0.583. The summed E-state index contributed by atoms with van der Waals surface area (Å²) in [6.45, 7) is 6.58. The summed E-state index contributed by atoms with van der Waals surface area (Å²) in [4.78, 5) is 18.5. The van der Waals surface area contributed by atoms with E-state index in [4.69, 9.17) is 9.84 Å². The van der Waals surface area contributed by atoms with Crippen LogP contribution < -0.4 is 14.8 Å². The maximum atomic E-state index is 13.4. The number of rotatable bonds is 9. The van der Waals surface area contributed by atoms with Crippen molar-refractivity contribution < 1.29 is 23.1 Å². The van der Waals surface area contributed by atoms with Crippen LogP contribution in [0.1, 0.15) is 57.4 Å². The molecule has 1 saturated carbocycles. The second-order valence-electron chi connectivity index (χ2n) is 10.2. The van der Waals surface area contributed by atoms with Crippen molar-refractivity contribution in [1.29, 1.82) is 0 Å². The fourth-order valence-electron chi connectivity index (χ4n) is 4.08. The molecule has 0 unspecified atom stereocenters. The minimum atomic E-state index is -3.82. The lowest BCUT2D eigenvalue weighted by atomic mass is 9.86. The first-order chi connectivity index (χ1) is 16.3. The highest BCUT2D eigenvalue weighted by Gasteiger charge is 2.29. The number of amides is 1. The maximum Gasteiger partial charge on any atom is 0.404 e. The van der Waals surface area contributed by atoms with Gasteiger partial charge in [-0.05, 0) is 72.7 Å². The van der Waals surface area contributed by atoms with E-state index in [2.05, 4.69) is 15.0 Å². The molecule has 3 N–H and O–H groups in total. The molecule has 0 atom stereocenters. The van der Waals surface area contributed by atoms with Gasteiger partial charge in [0.05, 0.1) is 14.8 Å². The third kappa shape index (κ3) is 7.89. The Labute approximate surface area is 212 Å². The second kappa shape index (κ2) is 11.2. The Balaban J connectivity index is 1.87. The molecule has 1 aliphatic rings. The van der Waals surface area contributed by atoms with Crippen molar-refractivity contribution in [3.63, 3.8) is 0 Å². The SMILES string of the molecule is CN(C)CCOc1ccc(-c2cnc(C3CCC(NC(=O)O)CC3)s2)c(S(=O)(=O)NC(C)(C)C)c1. The molecule has 0 aliphatic heterocycles. The van der Waals surface area contributed by atoms with Crippen molar-refractivity contribution in [1.82, 2.24) is 19.9 Å². The van der Waals surface area contributed by atoms with Gasteiger partial charge in [-0.2, -0.15) is 0 Å². The van der Waals surface area contributed by atoms with Crippen molar-refractivity contribution in [3.8, 4) is 16.2 Å². The Morgan fingerprint density at radius 1 is 1.23 bits per heavy atom. The summed E-state index contributed by atoms with van der Waals surface area (Å²) >= 11 is 1.50. The van der Waals surface area contributed by atoms with Crippen molar-refractivity contribution in [3.05, 3.63) is 29.4 Å². The van der Waals surface area contributed by atoms with Crippen LogP contribution in [0.2, 0.25) is 0 Å². The molecule has 0 saturated heterocycles. The molecule has 11 heteroatoms. The first-order valence-electron chi connectivity index (χ1n) is 11.7. The number of ether oxygens (including phenoxy) is 1. The predicted molar refractivity (Wildman–Crippen MR) is 138 cm³/mol. The smallest absolute Gasteiger partial charge is 0.404 e. The van der Waals surface area contributed by atoms with Gasteiger partial charge >= 0.3 is 6.09 Å². The van der Waals surface area contributed by atoms with E-state index in [0.717, 1.165) is 35.6 Å². The molecule has 0 radical (unpaired) electrons. The summed E-state index contributed by atoms with van der Waals surface area (Å²) in [5.41, 5.74) is -0.0500. The first-order valence-corrected chi connectivity index (χ1v) is 14.0. The number of hydrogen-bond donors (Lipinski definition) is 3. The third-order valence-corrected chi connectivity index (χ3v) is 8.67. The molecule has 1 aromatic heterocycles. The van der Waals surface area contributed by atoms with Crippen molar-refractivity contribution in [2.24, 2.45) is 0 Å². The molecule has 1 aromatic carbocycles. The van der Waals surface area contributed by atoms with Crippen LogP contribution in [0.25, 0.3) is 10.4 Å². The van der Waals surface area contributed by atoms with Gasteiger partial charge in [0.1, 0.15) is 12.4 Å². The Morgan fingerprint density at radius 3 is 2.51 bits per heavy atom. The highest BCUT2D eigenvalue weighted by atomic mass is 32.2. The van der Waals surface area contributed by atoms with Gasteiger partial charge in [0.2, 0.25) is 10.0 Å². The molecule has 1 amide bonds. The maximum absolute atomic E-state index is 13.4. The summed E-state index contributed by atoms with van der Waals surface area (Å²) < 4.78 is 35.3.